The van der Waals surface area contributed by atoms with Crippen LogP contribution in [0.5, 0.6) is 5.75 Å². The summed E-state index contributed by atoms with van der Waals surface area (Å²) in [6, 6.07) is 3.36. The van der Waals surface area contributed by atoms with Crippen molar-refractivity contribution in [1.29, 1.82) is 0 Å². The van der Waals surface area contributed by atoms with Gasteiger partial charge < -0.3 is 15.9 Å². The van der Waals surface area contributed by atoms with Gasteiger partial charge in [0.25, 0.3) is 0 Å². The van der Waals surface area contributed by atoms with E-state index in [2.05, 4.69) is 15.9 Å². The van der Waals surface area contributed by atoms with Crippen LogP contribution in [0.2, 0.25) is 0 Å². The van der Waals surface area contributed by atoms with Gasteiger partial charge in [0.1, 0.15) is 5.75 Å². The Labute approximate surface area is 98.1 Å². The first-order valence-electron chi connectivity index (χ1n) is 4.97. The second-order valence-electron chi connectivity index (χ2n) is 3.48. The molecule has 0 bridgehead atoms. The van der Waals surface area contributed by atoms with Crippen molar-refractivity contribution in [2.75, 3.05) is 6.61 Å². The zero-order valence-electron chi connectivity index (χ0n) is 8.70. The van der Waals surface area contributed by atoms with Crippen LogP contribution < -0.4 is 5.73 Å². The molecule has 3 nitrogen and oxygen atoms in total. The Morgan fingerprint density at radius 1 is 1.47 bits per heavy atom. The van der Waals surface area contributed by atoms with Crippen molar-refractivity contribution in [3.63, 3.8) is 0 Å². The quantitative estimate of drug-likeness (QED) is 0.787. The Morgan fingerprint density at radius 3 is 2.67 bits per heavy atom. The van der Waals surface area contributed by atoms with Crippen molar-refractivity contribution in [1.82, 2.24) is 0 Å². The minimum atomic E-state index is -0.321. The first-order valence-corrected chi connectivity index (χ1v) is 5.77. The van der Waals surface area contributed by atoms with Crippen LogP contribution in [0.25, 0.3) is 0 Å². The first-order chi connectivity index (χ1) is 7.10. The number of aryl methyl sites for hydroxylation is 1. The number of aliphatic hydroxyl groups excluding tert-OH is 1. The Balaban J connectivity index is 3.11. The van der Waals surface area contributed by atoms with Crippen molar-refractivity contribution in [2.45, 2.75) is 25.8 Å². The monoisotopic (exact) mass is 273 g/mol. The predicted octanol–water partition coefficient (Wildman–Crippen LogP) is 2.10. The second-order valence-corrected chi connectivity index (χ2v) is 4.39. The number of hydrogen-bond acceptors (Lipinski definition) is 3. The van der Waals surface area contributed by atoms with Gasteiger partial charge in [0, 0.05) is 22.7 Å². The van der Waals surface area contributed by atoms with Crippen molar-refractivity contribution in [3.8, 4) is 5.75 Å². The lowest BCUT2D eigenvalue weighted by Crippen LogP contribution is -2.12. The molecular weight excluding hydrogens is 258 g/mol. The van der Waals surface area contributed by atoms with Gasteiger partial charge in [-0.2, -0.15) is 0 Å². The largest absolute Gasteiger partial charge is 0.507 e. The number of rotatable bonds is 4. The number of benzene rings is 1. The molecule has 1 unspecified atom stereocenters. The van der Waals surface area contributed by atoms with Gasteiger partial charge in [-0.15, -0.1) is 0 Å². The van der Waals surface area contributed by atoms with E-state index in [-0.39, 0.29) is 18.4 Å². The first kappa shape index (κ1) is 12.5. The van der Waals surface area contributed by atoms with Crippen LogP contribution in [0.4, 0.5) is 0 Å². The Kier molecular flexibility index (Phi) is 4.57. The molecule has 0 aliphatic carbocycles. The predicted molar refractivity (Wildman–Crippen MR) is 63.8 cm³/mol. The summed E-state index contributed by atoms with van der Waals surface area (Å²) >= 11 is 3.38. The van der Waals surface area contributed by atoms with Crippen molar-refractivity contribution >= 4 is 15.9 Å². The topological polar surface area (TPSA) is 66.5 Å². The summed E-state index contributed by atoms with van der Waals surface area (Å²) in [6.45, 7) is 2.00. The average molecular weight is 274 g/mol. The lowest BCUT2D eigenvalue weighted by atomic mass is 9.99. The normalized spacial score (nSPS) is 12.8. The van der Waals surface area contributed by atoms with E-state index in [1.54, 1.807) is 6.07 Å². The molecule has 4 heteroatoms. The number of aromatic hydroxyl groups is 1. The van der Waals surface area contributed by atoms with Crippen LogP contribution in [0, 0.1) is 0 Å². The molecule has 1 rings (SSSR count). The van der Waals surface area contributed by atoms with Crippen LogP contribution in [-0.4, -0.2) is 16.8 Å². The van der Waals surface area contributed by atoms with Crippen molar-refractivity contribution < 1.29 is 10.2 Å². The van der Waals surface area contributed by atoms with Gasteiger partial charge in [0.15, 0.2) is 0 Å². The van der Waals surface area contributed by atoms with Gasteiger partial charge in [0.2, 0.25) is 0 Å². The molecule has 0 heterocycles. The smallest absolute Gasteiger partial charge is 0.123 e. The van der Waals surface area contributed by atoms with Gasteiger partial charge in [-0.05, 0) is 30.5 Å². The summed E-state index contributed by atoms with van der Waals surface area (Å²) in [4.78, 5) is 0. The number of halogens is 1. The maximum atomic E-state index is 9.93. The fourth-order valence-corrected chi connectivity index (χ4v) is 2.05. The highest BCUT2D eigenvalue weighted by molar-refractivity contribution is 9.10. The van der Waals surface area contributed by atoms with Gasteiger partial charge in [-0.3, -0.25) is 0 Å². The fraction of sp³-hybridized carbons (Fsp3) is 0.455. The Morgan fingerprint density at radius 2 is 2.13 bits per heavy atom. The van der Waals surface area contributed by atoms with E-state index in [0.29, 0.717) is 12.0 Å². The molecule has 4 N–H and O–H groups in total. The molecule has 1 atom stereocenters. The van der Waals surface area contributed by atoms with E-state index < -0.39 is 0 Å². The van der Waals surface area contributed by atoms with Crippen LogP contribution in [-0.2, 0) is 6.42 Å². The number of aliphatic hydroxyl groups is 1. The van der Waals surface area contributed by atoms with Crippen molar-refractivity contribution in [2.24, 2.45) is 5.73 Å². The molecule has 0 saturated carbocycles. The van der Waals surface area contributed by atoms with E-state index in [1.165, 1.54) is 0 Å². The van der Waals surface area contributed by atoms with Crippen LogP contribution in [0.15, 0.2) is 16.6 Å². The number of phenols is 1. The second kappa shape index (κ2) is 5.49. The summed E-state index contributed by atoms with van der Waals surface area (Å²) in [5, 5.41) is 18.7. The molecule has 0 fully saturated rings. The molecule has 0 saturated heterocycles. The van der Waals surface area contributed by atoms with E-state index in [9.17, 15) is 5.11 Å². The lowest BCUT2D eigenvalue weighted by molar-refractivity contribution is 0.275. The fourth-order valence-electron chi connectivity index (χ4n) is 1.53. The van der Waals surface area contributed by atoms with Crippen LogP contribution in [0.3, 0.4) is 0 Å². The highest BCUT2D eigenvalue weighted by Crippen LogP contribution is 2.32. The SMILES string of the molecule is CCc1cc(Br)cc(C(N)CCO)c1O. The van der Waals surface area contributed by atoms with Crippen LogP contribution in [0.1, 0.15) is 30.5 Å². The number of hydrogen-bond donors (Lipinski definition) is 3. The van der Waals surface area contributed by atoms with Gasteiger partial charge in [-0.25, -0.2) is 0 Å². The zero-order valence-corrected chi connectivity index (χ0v) is 10.3. The van der Waals surface area contributed by atoms with E-state index in [0.717, 1.165) is 16.5 Å². The molecule has 0 spiro atoms. The third kappa shape index (κ3) is 2.93. The molecular formula is C11H16BrNO2. The van der Waals surface area contributed by atoms with Gasteiger partial charge >= 0.3 is 0 Å². The molecule has 1 aromatic rings. The number of nitrogens with two attached hydrogens (primary N) is 1. The average Bonchev–Trinajstić information content (AvgIpc) is 2.21. The summed E-state index contributed by atoms with van der Waals surface area (Å²) < 4.78 is 0.903. The molecule has 84 valence electrons. The Bertz CT molecular complexity index is 342. The molecule has 1 aromatic carbocycles. The van der Waals surface area contributed by atoms with E-state index in [4.69, 9.17) is 10.8 Å². The third-order valence-corrected chi connectivity index (χ3v) is 2.86. The highest BCUT2D eigenvalue weighted by atomic mass is 79.9. The minimum absolute atomic E-state index is 0.0224. The highest BCUT2D eigenvalue weighted by Gasteiger charge is 2.14. The van der Waals surface area contributed by atoms with Crippen molar-refractivity contribution in [3.05, 3.63) is 27.7 Å². The molecule has 0 aromatic heterocycles. The number of phenolic OH excluding ortho intramolecular Hbond substituents is 1. The maximum Gasteiger partial charge on any atom is 0.123 e. The van der Waals surface area contributed by atoms with E-state index >= 15 is 0 Å². The molecule has 15 heavy (non-hydrogen) atoms. The molecule has 0 aliphatic rings. The standard InChI is InChI=1S/C11H16BrNO2/c1-2-7-5-8(12)6-9(11(7)15)10(13)3-4-14/h5-6,10,14-15H,2-4,13H2,1H3. The Hall–Kier alpha value is -0.580. The lowest BCUT2D eigenvalue weighted by Gasteiger charge is -2.15. The van der Waals surface area contributed by atoms with Gasteiger partial charge in [-0.1, -0.05) is 22.9 Å². The molecule has 0 aliphatic heterocycles. The molecule has 0 amide bonds. The maximum absolute atomic E-state index is 9.93. The van der Waals surface area contributed by atoms with E-state index in [1.807, 2.05) is 13.0 Å². The minimum Gasteiger partial charge on any atom is -0.507 e. The summed E-state index contributed by atoms with van der Waals surface area (Å²) in [5.41, 5.74) is 7.42. The zero-order chi connectivity index (χ0) is 11.4. The van der Waals surface area contributed by atoms with Crippen LogP contribution >= 0.6 is 15.9 Å². The summed E-state index contributed by atoms with van der Waals surface area (Å²) in [5.74, 6) is 0.252. The third-order valence-electron chi connectivity index (χ3n) is 2.40. The molecule has 0 radical (unpaired) electrons. The van der Waals surface area contributed by atoms with Gasteiger partial charge in [0.05, 0.1) is 0 Å². The summed E-state index contributed by atoms with van der Waals surface area (Å²) in [6.07, 6.45) is 1.21. The summed E-state index contributed by atoms with van der Waals surface area (Å²) in [7, 11) is 0.